The number of hydrogen-bond acceptors (Lipinski definition) is 3. The molecule has 0 saturated carbocycles. The fourth-order valence-electron chi connectivity index (χ4n) is 1.43. The summed E-state index contributed by atoms with van der Waals surface area (Å²) in [5, 5.41) is 0. The lowest BCUT2D eigenvalue weighted by Gasteiger charge is -2.10. The van der Waals surface area contributed by atoms with E-state index in [4.69, 9.17) is 5.73 Å². The number of hydrogen-bond donors (Lipinski definition) is 2. The smallest absolute Gasteiger partial charge is 0.229 e. The van der Waals surface area contributed by atoms with Gasteiger partial charge < -0.3 is 5.73 Å². The summed E-state index contributed by atoms with van der Waals surface area (Å²) in [5.74, 6) is -1.31. The van der Waals surface area contributed by atoms with Crippen LogP contribution in [0.4, 0.5) is 10.1 Å². The Morgan fingerprint density at radius 1 is 1.47 bits per heavy atom. The Morgan fingerprint density at radius 3 is 2.47 bits per heavy atom. The second-order valence-electron chi connectivity index (χ2n) is 3.79. The fourth-order valence-corrected chi connectivity index (χ4v) is 2.06. The first-order chi connectivity index (χ1) is 7.69. The van der Waals surface area contributed by atoms with Gasteiger partial charge in [0.25, 0.3) is 0 Å². The quantitative estimate of drug-likeness (QED) is 0.827. The van der Waals surface area contributed by atoms with Crippen molar-refractivity contribution in [2.24, 2.45) is 5.73 Å². The van der Waals surface area contributed by atoms with Crippen molar-refractivity contribution in [2.75, 3.05) is 11.0 Å². The SMILES string of the molecule is Cc1cc(CC(N)=O)cc(F)c1NS(C)(=O)=O. The lowest BCUT2D eigenvalue weighted by Crippen LogP contribution is -2.15. The molecule has 0 radical (unpaired) electrons. The molecule has 94 valence electrons. The minimum absolute atomic E-state index is 0.0864. The molecular formula is C10H13FN2O3S. The van der Waals surface area contributed by atoms with Crippen LogP contribution < -0.4 is 10.5 Å². The monoisotopic (exact) mass is 260 g/mol. The molecule has 0 atom stereocenters. The van der Waals surface area contributed by atoms with Crippen molar-refractivity contribution >= 4 is 21.6 Å². The summed E-state index contributed by atoms with van der Waals surface area (Å²) in [6.45, 7) is 1.54. The van der Waals surface area contributed by atoms with E-state index in [1.807, 2.05) is 0 Å². The molecule has 1 rings (SSSR count). The summed E-state index contributed by atoms with van der Waals surface area (Å²) in [6.07, 6.45) is 0.847. The third-order valence-corrected chi connectivity index (χ3v) is 2.59. The van der Waals surface area contributed by atoms with Crippen LogP contribution in [0.25, 0.3) is 0 Å². The Hall–Kier alpha value is -1.63. The predicted molar refractivity (Wildman–Crippen MR) is 62.5 cm³/mol. The highest BCUT2D eigenvalue weighted by molar-refractivity contribution is 7.92. The van der Waals surface area contributed by atoms with Crippen LogP contribution in [0.1, 0.15) is 11.1 Å². The number of benzene rings is 1. The van der Waals surface area contributed by atoms with Gasteiger partial charge in [-0.15, -0.1) is 0 Å². The maximum atomic E-state index is 13.6. The van der Waals surface area contributed by atoms with Gasteiger partial charge in [0.05, 0.1) is 18.4 Å². The van der Waals surface area contributed by atoms with E-state index in [2.05, 4.69) is 4.72 Å². The number of rotatable bonds is 4. The highest BCUT2D eigenvalue weighted by atomic mass is 32.2. The number of nitrogens with two attached hydrogens (primary N) is 1. The largest absolute Gasteiger partial charge is 0.369 e. The molecule has 1 amide bonds. The summed E-state index contributed by atoms with van der Waals surface area (Å²) in [4.78, 5) is 10.7. The first kappa shape index (κ1) is 13.4. The number of anilines is 1. The van der Waals surface area contributed by atoms with Crippen molar-refractivity contribution in [1.29, 1.82) is 0 Å². The standard InChI is InChI=1S/C10H13FN2O3S/c1-6-3-7(5-9(12)14)4-8(11)10(6)13-17(2,15)16/h3-4,13H,5H2,1-2H3,(H2,12,14). The molecule has 0 spiro atoms. The zero-order valence-electron chi connectivity index (χ0n) is 9.45. The average Bonchev–Trinajstić information content (AvgIpc) is 2.08. The molecule has 0 unspecified atom stereocenters. The van der Waals surface area contributed by atoms with Crippen LogP contribution in [-0.4, -0.2) is 20.6 Å². The van der Waals surface area contributed by atoms with E-state index in [-0.39, 0.29) is 12.1 Å². The van der Waals surface area contributed by atoms with Crippen LogP contribution >= 0.6 is 0 Å². The summed E-state index contributed by atoms with van der Waals surface area (Å²) in [6, 6.07) is 2.60. The van der Waals surface area contributed by atoms with Gasteiger partial charge in [0.15, 0.2) is 0 Å². The third-order valence-electron chi connectivity index (χ3n) is 2.01. The van der Waals surface area contributed by atoms with Gasteiger partial charge in [0, 0.05) is 0 Å². The van der Waals surface area contributed by atoms with E-state index in [9.17, 15) is 17.6 Å². The maximum Gasteiger partial charge on any atom is 0.229 e. The highest BCUT2D eigenvalue weighted by Gasteiger charge is 2.12. The number of nitrogens with one attached hydrogen (secondary N) is 1. The summed E-state index contributed by atoms with van der Waals surface area (Å²) >= 11 is 0. The molecule has 0 aliphatic rings. The number of carbonyl (C=O) groups excluding carboxylic acids is 1. The summed E-state index contributed by atoms with van der Waals surface area (Å²) in [5.41, 5.74) is 5.69. The van der Waals surface area contributed by atoms with Gasteiger partial charge >= 0.3 is 0 Å². The van der Waals surface area contributed by atoms with Gasteiger partial charge in [-0.1, -0.05) is 6.07 Å². The van der Waals surface area contributed by atoms with Crippen LogP contribution in [0.15, 0.2) is 12.1 Å². The number of aryl methyl sites for hydroxylation is 1. The molecule has 0 aliphatic carbocycles. The normalized spacial score (nSPS) is 11.2. The maximum absolute atomic E-state index is 13.6. The van der Waals surface area contributed by atoms with E-state index in [1.165, 1.54) is 6.07 Å². The minimum atomic E-state index is -3.54. The Balaban J connectivity index is 3.15. The van der Waals surface area contributed by atoms with Crippen molar-refractivity contribution in [3.05, 3.63) is 29.1 Å². The van der Waals surface area contributed by atoms with E-state index >= 15 is 0 Å². The van der Waals surface area contributed by atoms with Crippen molar-refractivity contribution in [1.82, 2.24) is 0 Å². The zero-order chi connectivity index (χ0) is 13.2. The molecule has 0 heterocycles. The molecule has 5 nitrogen and oxygen atoms in total. The van der Waals surface area contributed by atoms with Gasteiger partial charge in [-0.25, -0.2) is 12.8 Å². The predicted octanol–water partition coefficient (Wildman–Crippen LogP) is 0.533. The van der Waals surface area contributed by atoms with Crippen molar-refractivity contribution in [2.45, 2.75) is 13.3 Å². The molecular weight excluding hydrogens is 247 g/mol. The molecule has 0 aromatic heterocycles. The van der Waals surface area contributed by atoms with Gasteiger partial charge in [0.2, 0.25) is 15.9 Å². The van der Waals surface area contributed by atoms with Crippen molar-refractivity contribution in [3.8, 4) is 0 Å². The van der Waals surface area contributed by atoms with Crippen molar-refractivity contribution in [3.63, 3.8) is 0 Å². The molecule has 3 N–H and O–H groups in total. The molecule has 7 heteroatoms. The molecule has 0 aliphatic heterocycles. The van der Waals surface area contributed by atoms with E-state index in [0.29, 0.717) is 11.1 Å². The zero-order valence-corrected chi connectivity index (χ0v) is 10.3. The van der Waals surface area contributed by atoms with E-state index in [1.54, 1.807) is 6.92 Å². The Labute approximate surface area is 98.9 Å². The number of halogens is 1. The minimum Gasteiger partial charge on any atom is -0.369 e. The first-order valence-electron chi connectivity index (χ1n) is 4.74. The average molecular weight is 260 g/mol. The van der Waals surface area contributed by atoms with Gasteiger partial charge in [-0.3, -0.25) is 9.52 Å². The molecule has 1 aromatic rings. The van der Waals surface area contributed by atoms with Crippen LogP contribution in [0.5, 0.6) is 0 Å². The second-order valence-corrected chi connectivity index (χ2v) is 5.54. The van der Waals surface area contributed by atoms with Gasteiger partial charge in [0.1, 0.15) is 5.82 Å². The second kappa shape index (κ2) is 4.70. The number of carbonyl (C=O) groups is 1. The van der Waals surface area contributed by atoms with E-state index in [0.717, 1.165) is 12.3 Å². The fraction of sp³-hybridized carbons (Fsp3) is 0.300. The number of primary amides is 1. The molecule has 0 fully saturated rings. The Bertz CT molecular complexity index is 532. The lowest BCUT2D eigenvalue weighted by atomic mass is 10.1. The van der Waals surface area contributed by atoms with Crippen LogP contribution in [0.2, 0.25) is 0 Å². The summed E-state index contributed by atoms with van der Waals surface area (Å²) in [7, 11) is -3.54. The van der Waals surface area contributed by atoms with Gasteiger partial charge in [-0.2, -0.15) is 0 Å². The van der Waals surface area contributed by atoms with Crippen LogP contribution in [-0.2, 0) is 21.2 Å². The number of sulfonamides is 1. The topological polar surface area (TPSA) is 89.3 Å². The Morgan fingerprint density at radius 2 is 2.06 bits per heavy atom. The van der Waals surface area contributed by atoms with Crippen LogP contribution in [0, 0.1) is 12.7 Å². The first-order valence-corrected chi connectivity index (χ1v) is 6.63. The molecule has 1 aromatic carbocycles. The third kappa shape index (κ3) is 4.03. The molecule has 0 saturated heterocycles. The highest BCUT2D eigenvalue weighted by Crippen LogP contribution is 2.22. The molecule has 17 heavy (non-hydrogen) atoms. The summed E-state index contributed by atoms with van der Waals surface area (Å²) < 4.78 is 37.7. The van der Waals surface area contributed by atoms with Crippen molar-refractivity contribution < 1.29 is 17.6 Å². The lowest BCUT2D eigenvalue weighted by molar-refractivity contribution is -0.117. The Kier molecular flexibility index (Phi) is 3.72. The van der Waals surface area contributed by atoms with Gasteiger partial charge in [-0.05, 0) is 24.1 Å². The van der Waals surface area contributed by atoms with E-state index < -0.39 is 21.7 Å². The number of amides is 1. The molecule has 0 bridgehead atoms. The van der Waals surface area contributed by atoms with Crippen LogP contribution in [0.3, 0.4) is 0 Å².